The molecular weight excluding hydrogens is 965 g/mol. The molecule has 3 fully saturated rings. The van der Waals surface area contributed by atoms with Gasteiger partial charge in [0.05, 0.1) is 64.3 Å². The first kappa shape index (κ1) is 51.8. The van der Waals surface area contributed by atoms with Gasteiger partial charge in [0.2, 0.25) is 11.8 Å². The maximum atomic E-state index is 16.5. The van der Waals surface area contributed by atoms with Crippen LogP contribution in [0.2, 0.25) is 0 Å². The molecular formula is C57H56N4O14. The molecule has 3 saturated heterocycles. The predicted molar refractivity (Wildman–Crippen MR) is 271 cm³/mol. The number of aliphatic hydroxyl groups is 1. The highest BCUT2D eigenvalue weighted by atomic mass is 16.6. The first-order valence-electron chi connectivity index (χ1n) is 24.5. The molecule has 4 aliphatic rings. The minimum absolute atomic E-state index is 0.00243. The zero-order valence-electron chi connectivity index (χ0n) is 41.5. The Morgan fingerprint density at radius 1 is 0.773 bits per heavy atom. The van der Waals surface area contributed by atoms with Crippen LogP contribution in [-0.2, 0) is 57.8 Å². The number of anilines is 3. The lowest BCUT2D eigenvalue weighted by Crippen LogP contribution is -2.54. The molecule has 9 rings (SSSR count). The number of hydrogen-bond donors (Lipinski definition) is 2. The normalized spacial score (nSPS) is 21.9. The summed E-state index contributed by atoms with van der Waals surface area (Å²) in [7, 11) is 3.72. The van der Waals surface area contributed by atoms with Crippen LogP contribution >= 0.6 is 0 Å². The van der Waals surface area contributed by atoms with E-state index in [-0.39, 0.29) is 49.7 Å². The van der Waals surface area contributed by atoms with Gasteiger partial charge in [0, 0.05) is 43.6 Å². The van der Waals surface area contributed by atoms with Crippen molar-refractivity contribution < 1.29 is 67.0 Å². The Balaban J connectivity index is 1.31. The van der Waals surface area contributed by atoms with E-state index in [1.165, 1.54) is 13.2 Å². The number of ether oxygens (including phenoxy) is 7. The number of methoxy groups -OCH3 is 3. The van der Waals surface area contributed by atoms with Crippen LogP contribution in [0.25, 0.3) is 0 Å². The molecule has 18 nitrogen and oxygen atoms in total. The molecule has 18 heteroatoms. The van der Waals surface area contributed by atoms with Crippen molar-refractivity contribution in [3.8, 4) is 17.6 Å². The number of carbonyl (C=O) groups excluding carboxylic acids is 6. The van der Waals surface area contributed by atoms with Crippen LogP contribution in [0.4, 0.5) is 21.9 Å². The molecule has 0 bridgehead atoms. The lowest BCUT2D eigenvalue weighted by atomic mass is 9.65. The molecule has 0 saturated carbocycles. The van der Waals surface area contributed by atoms with Gasteiger partial charge >= 0.3 is 24.0 Å². The molecule has 6 unspecified atom stereocenters. The maximum Gasteiger partial charge on any atom is 0.421 e. The van der Waals surface area contributed by atoms with E-state index in [0.29, 0.717) is 54.4 Å². The van der Waals surface area contributed by atoms with Crippen molar-refractivity contribution in [3.05, 3.63) is 155 Å². The zero-order valence-corrected chi connectivity index (χ0v) is 41.5. The molecule has 1 spiro atoms. The van der Waals surface area contributed by atoms with Crippen molar-refractivity contribution in [2.24, 2.45) is 11.8 Å². The summed E-state index contributed by atoms with van der Waals surface area (Å²) in [6, 6.07) is 33.6. The number of nitrogens with one attached hydrogen (secondary N) is 1. The van der Waals surface area contributed by atoms with Crippen LogP contribution in [0.1, 0.15) is 52.4 Å². The SMILES string of the molecule is COCCOC(=O)N1C(=O)C2(c3cc(C#CCC(C(=O)OC)C(=O)OC)ccc31)C(C(=O)Nc1ccc(N3CCOCC3)cc1)C1C(=O)OC(c3ccccc3)C(c3ccccc3)N1C2c1ccc(OCCO)cc1. The van der Waals surface area contributed by atoms with Gasteiger partial charge in [0.25, 0.3) is 0 Å². The number of nitrogens with zero attached hydrogens (tertiary/aromatic N) is 3. The Hall–Kier alpha value is -8.08. The fraction of sp³-hybridized carbons (Fsp3) is 0.333. The fourth-order valence-corrected chi connectivity index (χ4v) is 10.8. The summed E-state index contributed by atoms with van der Waals surface area (Å²) in [5, 5.41) is 12.7. The Morgan fingerprint density at radius 3 is 2.08 bits per heavy atom. The number of amides is 3. The van der Waals surface area contributed by atoms with Crippen LogP contribution in [0.5, 0.6) is 5.75 Å². The summed E-state index contributed by atoms with van der Waals surface area (Å²) in [5.74, 6) is -0.844. The van der Waals surface area contributed by atoms with E-state index in [4.69, 9.17) is 33.2 Å². The Morgan fingerprint density at radius 2 is 1.44 bits per heavy atom. The lowest BCUT2D eigenvalue weighted by molar-refractivity contribution is -0.178. The fourth-order valence-electron chi connectivity index (χ4n) is 10.8. The number of fused-ring (bicyclic) bond motifs is 3. The first-order chi connectivity index (χ1) is 36.5. The van der Waals surface area contributed by atoms with Crippen LogP contribution in [0, 0.1) is 23.7 Å². The van der Waals surface area contributed by atoms with E-state index in [2.05, 4.69) is 22.1 Å². The molecule has 2 N–H and O–H groups in total. The van der Waals surface area contributed by atoms with Crippen LogP contribution < -0.4 is 19.9 Å². The number of esters is 3. The number of carbonyl (C=O) groups is 6. The highest BCUT2D eigenvalue weighted by Crippen LogP contribution is 2.66. The number of hydrogen-bond acceptors (Lipinski definition) is 16. The smallest absolute Gasteiger partial charge is 0.421 e. The number of imide groups is 1. The van der Waals surface area contributed by atoms with Gasteiger partial charge in [-0.2, -0.15) is 0 Å². The molecule has 388 valence electrons. The average molecular weight is 1020 g/mol. The van der Waals surface area contributed by atoms with Crippen LogP contribution in [-0.4, -0.2) is 126 Å². The van der Waals surface area contributed by atoms with Crippen molar-refractivity contribution in [2.75, 3.05) is 89.2 Å². The van der Waals surface area contributed by atoms with Crippen LogP contribution in [0.3, 0.4) is 0 Å². The van der Waals surface area contributed by atoms with Gasteiger partial charge in [0.1, 0.15) is 36.5 Å². The van der Waals surface area contributed by atoms with Crippen molar-refractivity contribution in [1.82, 2.24) is 4.90 Å². The molecule has 0 radical (unpaired) electrons. The maximum absolute atomic E-state index is 16.5. The van der Waals surface area contributed by atoms with Gasteiger partial charge in [0.15, 0.2) is 5.92 Å². The molecule has 3 amide bonds. The van der Waals surface area contributed by atoms with E-state index in [1.54, 1.807) is 48.5 Å². The molecule has 75 heavy (non-hydrogen) atoms. The largest absolute Gasteiger partial charge is 0.491 e. The van der Waals surface area contributed by atoms with Crippen molar-refractivity contribution in [2.45, 2.75) is 36.1 Å². The quantitative estimate of drug-likeness (QED) is 0.0425. The second-order valence-corrected chi connectivity index (χ2v) is 18.1. The number of aliphatic hydroxyl groups excluding tert-OH is 1. The summed E-state index contributed by atoms with van der Waals surface area (Å²) < 4.78 is 38.6. The van der Waals surface area contributed by atoms with Gasteiger partial charge in [-0.3, -0.25) is 28.9 Å². The van der Waals surface area contributed by atoms with Crippen molar-refractivity contribution >= 4 is 52.9 Å². The van der Waals surface area contributed by atoms with Gasteiger partial charge in [-0.15, -0.1) is 0 Å². The summed E-state index contributed by atoms with van der Waals surface area (Å²) >= 11 is 0. The third kappa shape index (κ3) is 10.0. The van der Waals surface area contributed by atoms with Crippen molar-refractivity contribution in [3.63, 3.8) is 0 Å². The van der Waals surface area contributed by atoms with Gasteiger partial charge in [-0.05, 0) is 76.9 Å². The molecule has 5 aromatic rings. The molecule has 5 aromatic carbocycles. The minimum Gasteiger partial charge on any atom is -0.491 e. The Labute approximate surface area is 433 Å². The number of rotatable bonds is 15. The van der Waals surface area contributed by atoms with E-state index >= 15 is 14.4 Å². The van der Waals surface area contributed by atoms with Gasteiger partial charge < -0.3 is 48.5 Å². The summed E-state index contributed by atoms with van der Waals surface area (Å²) in [4.78, 5) is 93.0. The number of benzene rings is 5. The second kappa shape index (κ2) is 23.0. The molecule has 0 aliphatic carbocycles. The average Bonchev–Trinajstić information content (AvgIpc) is 3.91. The Kier molecular flexibility index (Phi) is 15.9. The van der Waals surface area contributed by atoms with Crippen LogP contribution in [0.15, 0.2) is 127 Å². The minimum atomic E-state index is -2.18. The summed E-state index contributed by atoms with van der Waals surface area (Å²) in [6.45, 7) is 1.98. The molecule has 4 aliphatic heterocycles. The highest BCUT2D eigenvalue weighted by molar-refractivity contribution is 6.24. The van der Waals surface area contributed by atoms with E-state index < -0.39 is 77.3 Å². The molecule has 6 atom stereocenters. The summed E-state index contributed by atoms with van der Waals surface area (Å²) in [5.41, 5.74) is 1.35. The van der Waals surface area contributed by atoms with E-state index in [9.17, 15) is 19.5 Å². The first-order valence-corrected chi connectivity index (χ1v) is 24.5. The van der Waals surface area contributed by atoms with Gasteiger partial charge in [-0.1, -0.05) is 84.6 Å². The molecule has 4 heterocycles. The van der Waals surface area contributed by atoms with Crippen molar-refractivity contribution in [1.29, 1.82) is 0 Å². The Bertz CT molecular complexity index is 2940. The monoisotopic (exact) mass is 1020 g/mol. The highest BCUT2D eigenvalue weighted by Gasteiger charge is 2.76. The molecule has 0 aromatic heterocycles. The number of cyclic esters (lactones) is 1. The van der Waals surface area contributed by atoms with E-state index in [0.717, 1.165) is 24.8 Å². The van der Waals surface area contributed by atoms with Gasteiger partial charge in [-0.25, -0.2) is 9.69 Å². The standard InChI is InChI=1S/C57H56N4O14/c1-69-33-34-74-56(68)60-45-26-17-36(11-10-16-43(52(64)70-2)53(65)71-3)35-44(45)57(55(60)67)46(51(63)58-40-20-22-41(23-21-40)59-27-30-72-31-28-59)48-54(66)75-49(38-14-8-5-9-15-38)47(37-12-6-4-7-13-37)61(48)50(57)39-18-24-42(25-19-39)73-32-29-62/h4-9,12-15,17-26,35,43,46-50,62H,16,27-34H2,1-3H3,(H,58,63). The predicted octanol–water partition coefficient (Wildman–Crippen LogP) is 5.69. The third-order valence-corrected chi connectivity index (χ3v) is 14.0. The zero-order chi connectivity index (χ0) is 52.6. The number of morpholine rings is 2. The lowest BCUT2D eigenvalue weighted by Gasteiger charge is -2.46. The topological polar surface area (TPSA) is 209 Å². The van der Waals surface area contributed by atoms with E-state index in [1.807, 2.05) is 77.7 Å². The second-order valence-electron chi connectivity index (χ2n) is 18.1. The third-order valence-electron chi connectivity index (χ3n) is 14.0. The summed E-state index contributed by atoms with van der Waals surface area (Å²) in [6.07, 6.45) is -2.35.